The molecule has 0 saturated heterocycles. The van der Waals surface area contributed by atoms with Gasteiger partial charge in [-0.3, -0.25) is 0 Å². The lowest BCUT2D eigenvalue weighted by Gasteiger charge is -2.15. The average molecular weight is 472 g/mol. The molecule has 8 nitrogen and oxygen atoms in total. The molecule has 0 fully saturated rings. The average Bonchev–Trinajstić information content (AvgIpc) is 3.56. The summed E-state index contributed by atoms with van der Waals surface area (Å²) in [4.78, 5) is 8.99. The number of halogens is 1. The molecule has 2 aromatic carbocycles. The normalized spacial score (nSPS) is 16.7. The molecular formula is C24H26ClN3O5. The van der Waals surface area contributed by atoms with Crippen LogP contribution >= 0.6 is 11.6 Å². The van der Waals surface area contributed by atoms with Gasteiger partial charge in [-0.2, -0.15) is 0 Å². The predicted molar refractivity (Wildman–Crippen MR) is 126 cm³/mol. The van der Waals surface area contributed by atoms with Crippen LogP contribution in [-0.4, -0.2) is 50.9 Å². The number of nitrogens with zero attached hydrogens (tertiary/aromatic N) is 1. The molecule has 3 heterocycles. The molecule has 1 atom stereocenters. The Balaban J connectivity index is 1.14. The van der Waals surface area contributed by atoms with E-state index in [1.807, 2.05) is 30.5 Å². The Morgan fingerprint density at radius 3 is 2.88 bits per heavy atom. The number of fused-ring (bicyclic) bond motifs is 2. The Morgan fingerprint density at radius 1 is 1.15 bits per heavy atom. The molecule has 1 aromatic heterocycles. The largest absolute Gasteiger partial charge is 0.493 e. The van der Waals surface area contributed by atoms with Crippen molar-refractivity contribution < 1.29 is 23.8 Å². The van der Waals surface area contributed by atoms with E-state index in [-0.39, 0.29) is 12.9 Å². The number of H-pyrrole nitrogens is 1. The summed E-state index contributed by atoms with van der Waals surface area (Å²) in [5.74, 6) is 2.42. The number of benzene rings is 2. The van der Waals surface area contributed by atoms with Crippen LogP contribution in [0.25, 0.3) is 10.9 Å². The fourth-order valence-electron chi connectivity index (χ4n) is 4.35. The van der Waals surface area contributed by atoms with E-state index in [2.05, 4.69) is 15.5 Å². The van der Waals surface area contributed by atoms with Crippen LogP contribution in [0.1, 0.15) is 17.5 Å². The van der Waals surface area contributed by atoms with E-state index in [1.165, 1.54) is 10.9 Å². The topological polar surface area (TPSA) is 86.3 Å². The number of nitrogens with one attached hydrogen (secondary N) is 2. The minimum Gasteiger partial charge on any atom is -0.493 e. The van der Waals surface area contributed by atoms with Crippen molar-refractivity contribution in [2.75, 3.05) is 34.1 Å². The van der Waals surface area contributed by atoms with Gasteiger partial charge in [-0.25, -0.2) is 0 Å². The Labute approximate surface area is 196 Å². The summed E-state index contributed by atoms with van der Waals surface area (Å²) in [5.41, 5.74) is 4.27. The van der Waals surface area contributed by atoms with Gasteiger partial charge in [-0.15, -0.1) is 0 Å². The monoisotopic (exact) mass is 471 g/mol. The quantitative estimate of drug-likeness (QED) is 0.457. The molecule has 0 bridgehead atoms. The first-order chi connectivity index (χ1) is 16.2. The molecule has 0 amide bonds. The zero-order valence-corrected chi connectivity index (χ0v) is 19.3. The zero-order valence-electron chi connectivity index (χ0n) is 18.6. The van der Waals surface area contributed by atoms with Crippen LogP contribution in [0, 0.1) is 0 Å². The van der Waals surface area contributed by atoms with Gasteiger partial charge in [0.1, 0.15) is 6.10 Å². The minimum absolute atomic E-state index is 0.0727. The lowest BCUT2D eigenvalue weighted by Crippen LogP contribution is -2.25. The van der Waals surface area contributed by atoms with Crippen molar-refractivity contribution in [1.82, 2.24) is 10.3 Å². The van der Waals surface area contributed by atoms with Gasteiger partial charge in [0.25, 0.3) is 0 Å². The Morgan fingerprint density at radius 2 is 2.03 bits per heavy atom. The van der Waals surface area contributed by atoms with Gasteiger partial charge in [0.2, 0.25) is 18.3 Å². The molecule has 1 unspecified atom stereocenters. The van der Waals surface area contributed by atoms with Gasteiger partial charge >= 0.3 is 0 Å². The molecule has 0 radical (unpaired) electrons. The van der Waals surface area contributed by atoms with Crippen molar-refractivity contribution in [2.45, 2.75) is 25.4 Å². The highest BCUT2D eigenvalue weighted by atomic mass is 35.5. The highest BCUT2D eigenvalue weighted by Crippen LogP contribution is 2.50. The molecule has 3 aromatic rings. The minimum atomic E-state index is -0.0727. The molecule has 5 rings (SSSR count). The van der Waals surface area contributed by atoms with E-state index in [0.717, 1.165) is 41.2 Å². The van der Waals surface area contributed by atoms with Crippen molar-refractivity contribution >= 4 is 28.2 Å². The molecule has 174 valence electrons. The van der Waals surface area contributed by atoms with Gasteiger partial charge < -0.3 is 34.1 Å². The van der Waals surface area contributed by atoms with E-state index in [9.17, 15) is 0 Å². The molecule has 33 heavy (non-hydrogen) atoms. The summed E-state index contributed by atoms with van der Waals surface area (Å²) in [6.45, 7) is 1.66. The second-order valence-electron chi connectivity index (χ2n) is 8.06. The molecule has 2 aliphatic heterocycles. The van der Waals surface area contributed by atoms with Gasteiger partial charge in [0, 0.05) is 47.1 Å². The molecular weight excluding hydrogens is 446 g/mol. The molecule has 9 heteroatoms. The number of oxime groups is 1. The van der Waals surface area contributed by atoms with E-state index >= 15 is 0 Å². The third-order valence-electron chi connectivity index (χ3n) is 5.94. The van der Waals surface area contributed by atoms with Crippen LogP contribution in [0.5, 0.6) is 23.0 Å². The van der Waals surface area contributed by atoms with Gasteiger partial charge in [-0.1, -0.05) is 16.8 Å². The maximum Gasteiger partial charge on any atom is 0.231 e. The number of rotatable bonds is 9. The maximum absolute atomic E-state index is 6.14. The van der Waals surface area contributed by atoms with E-state index in [1.54, 1.807) is 14.2 Å². The smallest absolute Gasteiger partial charge is 0.231 e. The number of ether oxygens (including phenoxy) is 4. The third kappa shape index (κ3) is 4.41. The molecule has 0 spiro atoms. The number of aromatic amines is 1. The van der Waals surface area contributed by atoms with Crippen molar-refractivity contribution in [1.29, 1.82) is 0 Å². The summed E-state index contributed by atoms with van der Waals surface area (Å²) in [6, 6.07) is 7.82. The SMILES string of the molecule is COc1cc(CC2CC(CNCCc3c[nH]c4ccc(Cl)cc34)=NO2)c(OC)c2c1OCO2. The summed E-state index contributed by atoms with van der Waals surface area (Å²) >= 11 is 6.14. The van der Waals surface area contributed by atoms with E-state index < -0.39 is 0 Å². The standard InChI is InChI=1S/C24H26ClN3O5/c1-29-21-8-15(22(30-2)24-23(21)31-13-32-24)7-18-10-17(28-33-18)12-26-6-5-14-11-27-20-4-3-16(25)9-19(14)20/h3-4,8-9,11,18,26-27H,5-7,10,12-13H2,1-2H3. The summed E-state index contributed by atoms with van der Waals surface area (Å²) in [5, 5.41) is 9.66. The number of hydrogen-bond acceptors (Lipinski definition) is 7. The van der Waals surface area contributed by atoms with E-state index in [4.69, 9.17) is 35.4 Å². The highest BCUT2D eigenvalue weighted by Gasteiger charge is 2.30. The Hall–Kier alpha value is -3.10. The number of hydrogen-bond donors (Lipinski definition) is 2. The Kier molecular flexibility index (Phi) is 6.20. The molecule has 0 saturated carbocycles. The maximum atomic E-state index is 6.14. The van der Waals surface area contributed by atoms with Gasteiger partial charge in [-0.05, 0) is 42.8 Å². The van der Waals surface area contributed by atoms with Crippen LogP contribution in [-0.2, 0) is 17.7 Å². The van der Waals surface area contributed by atoms with Crippen LogP contribution < -0.4 is 24.3 Å². The van der Waals surface area contributed by atoms with Crippen molar-refractivity contribution in [3.8, 4) is 23.0 Å². The van der Waals surface area contributed by atoms with Crippen molar-refractivity contribution in [3.63, 3.8) is 0 Å². The summed E-state index contributed by atoms with van der Waals surface area (Å²) in [6.07, 6.45) is 4.24. The first-order valence-electron chi connectivity index (χ1n) is 10.9. The predicted octanol–water partition coefficient (Wildman–Crippen LogP) is 4.09. The third-order valence-corrected chi connectivity index (χ3v) is 6.17. The second-order valence-corrected chi connectivity index (χ2v) is 8.50. The van der Waals surface area contributed by atoms with E-state index in [0.29, 0.717) is 36.0 Å². The highest BCUT2D eigenvalue weighted by molar-refractivity contribution is 6.31. The zero-order chi connectivity index (χ0) is 22.8. The van der Waals surface area contributed by atoms with Gasteiger partial charge in [0.15, 0.2) is 11.5 Å². The number of aromatic nitrogens is 1. The van der Waals surface area contributed by atoms with Crippen LogP contribution in [0.2, 0.25) is 5.02 Å². The van der Waals surface area contributed by atoms with Crippen molar-refractivity contribution in [2.24, 2.45) is 5.16 Å². The lowest BCUT2D eigenvalue weighted by molar-refractivity contribution is 0.0853. The number of methoxy groups -OCH3 is 2. The summed E-state index contributed by atoms with van der Waals surface area (Å²) < 4.78 is 22.2. The van der Waals surface area contributed by atoms with Crippen molar-refractivity contribution in [3.05, 3.63) is 46.6 Å². The first-order valence-corrected chi connectivity index (χ1v) is 11.2. The fraction of sp³-hybridized carbons (Fsp3) is 0.375. The summed E-state index contributed by atoms with van der Waals surface area (Å²) in [7, 11) is 3.23. The van der Waals surface area contributed by atoms with Crippen LogP contribution in [0.4, 0.5) is 0 Å². The van der Waals surface area contributed by atoms with Crippen LogP contribution in [0.3, 0.4) is 0 Å². The molecule has 0 aliphatic carbocycles. The van der Waals surface area contributed by atoms with Crippen LogP contribution in [0.15, 0.2) is 35.6 Å². The lowest BCUT2D eigenvalue weighted by atomic mass is 10.0. The molecule has 2 N–H and O–H groups in total. The Bertz CT molecular complexity index is 1190. The second kappa shape index (κ2) is 9.41. The molecule has 2 aliphatic rings. The van der Waals surface area contributed by atoms with Gasteiger partial charge in [0.05, 0.1) is 19.9 Å². The first kappa shape index (κ1) is 21.7. The fourth-order valence-corrected chi connectivity index (χ4v) is 4.52.